The fourth-order valence-corrected chi connectivity index (χ4v) is 2.69. The zero-order chi connectivity index (χ0) is 21.0. The molecule has 0 saturated heterocycles. The van der Waals surface area contributed by atoms with Crippen LogP contribution in [0.3, 0.4) is 0 Å². The number of hydrogen-bond acceptors (Lipinski definition) is 6. The highest BCUT2D eigenvalue weighted by atomic mass is 19.4. The van der Waals surface area contributed by atoms with Gasteiger partial charge in [-0.1, -0.05) is 0 Å². The van der Waals surface area contributed by atoms with Crippen LogP contribution in [0.15, 0.2) is 79.4 Å². The molecule has 0 aliphatic heterocycles. The Morgan fingerprint density at radius 3 is 2.23 bits per heavy atom. The Morgan fingerprint density at radius 2 is 1.57 bits per heavy atom. The largest absolute Gasteiger partial charge is 0.573 e. The van der Waals surface area contributed by atoms with Crippen LogP contribution in [0, 0.1) is 0 Å². The van der Waals surface area contributed by atoms with Crippen LogP contribution in [-0.4, -0.2) is 26.3 Å². The number of benzene rings is 1. The number of nitrogens with one attached hydrogen (secondary N) is 1. The number of nitrogens with zero attached hydrogens (tertiary/aromatic N) is 4. The Hall–Kier alpha value is -4.01. The van der Waals surface area contributed by atoms with Crippen LogP contribution < -0.4 is 10.1 Å². The maximum atomic E-state index is 12.3. The predicted molar refractivity (Wildman–Crippen MR) is 105 cm³/mol. The molecule has 1 N–H and O–H groups in total. The van der Waals surface area contributed by atoms with E-state index in [2.05, 4.69) is 30.0 Å². The van der Waals surface area contributed by atoms with Crippen molar-refractivity contribution < 1.29 is 17.9 Å². The Labute approximate surface area is 169 Å². The lowest BCUT2D eigenvalue weighted by molar-refractivity contribution is -0.274. The van der Waals surface area contributed by atoms with E-state index in [4.69, 9.17) is 0 Å². The highest BCUT2D eigenvalue weighted by Gasteiger charge is 2.30. The normalized spacial score (nSPS) is 11.2. The van der Waals surface area contributed by atoms with Crippen molar-refractivity contribution in [2.45, 2.75) is 6.36 Å². The summed E-state index contributed by atoms with van der Waals surface area (Å²) in [5.41, 5.74) is 2.75. The highest BCUT2D eigenvalue weighted by Crippen LogP contribution is 2.27. The summed E-state index contributed by atoms with van der Waals surface area (Å²) < 4.78 is 40.9. The Morgan fingerprint density at radius 1 is 0.800 bits per heavy atom. The van der Waals surface area contributed by atoms with Gasteiger partial charge in [-0.25, -0.2) is 9.97 Å². The molecule has 9 heteroatoms. The molecule has 4 rings (SSSR count). The van der Waals surface area contributed by atoms with E-state index in [9.17, 15) is 13.2 Å². The first kappa shape index (κ1) is 19.3. The van der Waals surface area contributed by atoms with Gasteiger partial charge in [-0.2, -0.15) is 0 Å². The molecule has 1 aromatic carbocycles. The minimum atomic E-state index is -4.74. The topological polar surface area (TPSA) is 72.8 Å². The molecule has 6 nitrogen and oxygen atoms in total. The molecule has 0 aliphatic carbocycles. The molecule has 0 unspecified atom stereocenters. The van der Waals surface area contributed by atoms with Crippen molar-refractivity contribution in [1.82, 2.24) is 19.9 Å². The average Bonchev–Trinajstić information content (AvgIpc) is 2.75. The number of anilines is 2. The highest BCUT2D eigenvalue weighted by molar-refractivity contribution is 5.69. The number of alkyl halides is 3. The van der Waals surface area contributed by atoms with Gasteiger partial charge in [0.1, 0.15) is 11.6 Å². The third-order valence-corrected chi connectivity index (χ3v) is 3.98. The second-order valence-corrected chi connectivity index (χ2v) is 6.14. The van der Waals surface area contributed by atoms with E-state index in [0.29, 0.717) is 23.0 Å². The van der Waals surface area contributed by atoms with Gasteiger partial charge in [0.05, 0.1) is 5.69 Å². The van der Waals surface area contributed by atoms with E-state index < -0.39 is 6.36 Å². The molecule has 0 saturated carbocycles. The number of halogens is 3. The first-order valence-electron chi connectivity index (χ1n) is 8.79. The van der Waals surface area contributed by atoms with E-state index in [-0.39, 0.29) is 5.75 Å². The van der Waals surface area contributed by atoms with E-state index >= 15 is 0 Å². The monoisotopic (exact) mass is 409 g/mol. The molecule has 0 spiro atoms. The van der Waals surface area contributed by atoms with Crippen molar-refractivity contribution in [3.05, 3.63) is 79.4 Å². The maximum Gasteiger partial charge on any atom is 0.573 e. The Balaban J connectivity index is 1.67. The Bertz CT molecular complexity index is 1060. The van der Waals surface area contributed by atoms with E-state index in [1.54, 1.807) is 49.1 Å². The summed E-state index contributed by atoms with van der Waals surface area (Å²) in [7, 11) is 0. The van der Waals surface area contributed by atoms with Gasteiger partial charge in [-0.05, 0) is 48.5 Å². The molecule has 0 amide bonds. The average molecular weight is 409 g/mol. The van der Waals surface area contributed by atoms with Gasteiger partial charge < -0.3 is 10.1 Å². The number of hydrogen-bond donors (Lipinski definition) is 1. The summed E-state index contributed by atoms with van der Waals surface area (Å²) in [6.07, 6.45) is 1.90. The summed E-state index contributed by atoms with van der Waals surface area (Å²) in [5.74, 6) is 0.641. The number of pyridine rings is 2. The first-order chi connectivity index (χ1) is 14.5. The molecule has 150 valence electrons. The van der Waals surface area contributed by atoms with Gasteiger partial charge in [-0.3, -0.25) is 9.97 Å². The van der Waals surface area contributed by atoms with Crippen LogP contribution in [0.1, 0.15) is 0 Å². The molecule has 0 radical (unpaired) electrons. The van der Waals surface area contributed by atoms with Crippen LogP contribution in [0.2, 0.25) is 0 Å². The standard InChI is InChI=1S/C21H14F3N5O/c22-21(23,24)30-17-5-3-16(4-6-17)27-19-12-18(15-2-1-9-26-13-15)28-20(29-19)14-7-10-25-11-8-14/h1-13H,(H,27,28,29). The molecular formula is C21H14F3N5O. The molecule has 3 heterocycles. The fraction of sp³-hybridized carbons (Fsp3) is 0.0476. The van der Waals surface area contributed by atoms with Crippen LogP contribution in [-0.2, 0) is 0 Å². The summed E-state index contributed by atoms with van der Waals surface area (Å²) >= 11 is 0. The second-order valence-electron chi connectivity index (χ2n) is 6.14. The van der Waals surface area contributed by atoms with Gasteiger partial charge in [0, 0.05) is 47.7 Å². The molecule has 0 atom stereocenters. The van der Waals surface area contributed by atoms with Crippen LogP contribution in [0.25, 0.3) is 22.6 Å². The summed E-state index contributed by atoms with van der Waals surface area (Å²) in [6, 6.07) is 14.4. The van der Waals surface area contributed by atoms with Crippen molar-refractivity contribution in [2.24, 2.45) is 0 Å². The van der Waals surface area contributed by atoms with Crippen molar-refractivity contribution in [2.75, 3.05) is 5.32 Å². The van der Waals surface area contributed by atoms with Gasteiger partial charge in [0.25, 0.3) is 0 Å². The molecular weight excluding hydrogens is 395 g/mol. The van der Waals surface area contributed by atoms with Crippen LogP contribution >= 0.6 is 0 Å². The fourth-order valence-electron chi connectivity index (χ4n) is 2.69. The molecule has 3 aromatic heterocycles. The van der Waals surface area contributed by atoms with Crippen molar-refractivity contribution in [3.63, 3.8) is 0 Å². The minimum absolute atomic E-state index is 0.302. The minimum Gasteiger partial charge on any atom is -0.406 e. The molecule has 0 aliphatic rings. The van der Waals surface area contributed by atoms with Gasteiger partial charge in [0.15, 0.2) is 5.82 Å². The van der Waals surface area contributed by atoms with Gasteiger partial charge in [-0.15, -0.1) is 13.2 Å². The number of rotatable bonds is 5. The van der Waals surface area contributed by atoms with E-state index in [0.717, 1.165) is 11.1 Å². The van der Waals surface area contributed by atoms with Crippen molar-refractivity contribution in [1.29, 1.82) is 0 Å². The van der Waals surface area contributed by atoms with Crippen LogP contribution in [0.5, 0.6) is 5.75 Å². The SMILES string of the molecule is FC(F)(F)Oc1ccc(Nc2cc(-c3cccnc3)nc(-c3ccncc3)n2)cc1. The Kier molecular flexibility index (Phi) is 5.25. The molecule has 4 aromatic rings. The molecule has 0 fully saturated rings. The van der Waals surface area contributed by atoms with Crippen molar-refractivity contribution in [3.8, 4) is 28.4 Å². The quantitative estimate of drug-likeness (QED) is 0.486. The summed E-state index contributed by atoms with van der Waals surface area (Å²) in [6.45, 7) is 0. The smallest absolute Gasteiger partial charge is 0.406 e. The maximum absolute atomic E-state index is 12.3. The number of aromatic nitrogens is 4. The molecule has 0 bridgehead atoms. The van der Waals surface area contributed by atoms with Gasteiger partial charge >= 0.3 is 6.36 Å². The predicted octanol–water partition coefficient (Wildman–Crippen LogP) is 5.24. The third-order valence-electron chi connectivity index (χ3n) is 3.98. The zero-order valence-electron chi connectivity index (χ0n) is 15.3. The van der Waals surface area contributed by atoms with Crippen molar-refractivity contribution >= 4 is 11.5 Å². The third kappa shape index (κ3) is 4.88. The lowest BCUT2D eigenvalue weighted by Gasteiger charge is -2.12. The zero-order valence-corrected chi connectivity index (χ0v) is 15.3. The second kappa shape index (κ2) is 8.16. The van der Waals surface area contributed by atoms with E-state index in [1.165, 1.54) is 24.3 Å². The number of ether oxygens (including phenoxy) is 1. The van der Waals surface area contributed by atoms with Crippen LogP contribution in [0.4, 0.5) is 24.7 Å². The van der Waals surface area contributed by atoms with E-state index in [1.807, 2.05) is 6.07 Å². The summed E-state index contributed by atoms with van der Waals surface area (Å²) in [5, 5.41) is 3.09. The summed E-state index contributed by atoms with van der Waals surface area (Å²) in [4.78, 5) is 17.3. The first-order valence-corrected chi connectivity index (χ1v) is 8.79. The lowest BCUT2D eigenvalue weighted by atomic mass is 10.2. The lowest BCUT2D eigenvalue weighted by Crippen LogP contribution is -2.16. The molecule has 30 heavy (non-hydrogen) atoms. The van der Waals surface area contributed by atoms with Gasteiger partial charge in [0.2, 0.25) is 0 Å².